The van der Waals surface area contributed by atoms with Gasteiger partial charge in [-0.25, -0.2) is 9.59 Å². The highest BCUT2D eigenvalue weighted by molar-refractivity contribution is 5.87. The Morgan fingerprint density at radius 1 is 1.45 bits per heavy atom. The Hall–Kier alpha value is -2.05. The molecule has 1 aromatic heterocycles. The highest BCUT2D eigenvalue weighted by Crippen LogP contribution is 2.39. The van der Waals surface area contributed by atoms with E-state index in [1.165, 1.54) is 18.0 Å². The molecule has 0 aliphatic carbocycles. The van der Waals surface area contributed by atoms with Gasteiger partial charge >= 0.3 is 12.1 Å². The lowest BCUT2D eigenvalue weighted by Gasteiger charge is -2.33. The van der Waals surface area contributed by atoms with E-state index in [0.717, 1.165) is 0 Å². The topological polar surface area (TPSA) is 84.7 Å². The van der Waals surface area contributed by atoms with Crippen molar-refractivity contribution in [3.8, 4) is 0 Å². The Morgan fingerprint density at radius 3 is 2.55 bits per heavy atom. The number of carbonyl (C=O) groups is 2. The molecular weight excluding hydrogens is 262 g/mol. The molecule has 2 heterocycles. The minimum Gasteiger partial charge on any atom is -0.479 e. The molecule has 1 aromatic rings. The molecule has 1 N–H and O–H groups in total. The summed E-state index contributed by atoms with van der Waals surface area (Å²) in [6.45, 7) is 6.89. The highest BCUT2D eigenvalue weighted by Gasteiger charge is 2.53. The van der Waals surface area contributed by atoms with Gasteiger partial charge in [-0.2, -0.15) is 5.10 Å². The quantitative estimate of drug-likeness (QED) is 0.842. The summed E-state index contributed by atoms with van der Waals surface area (Å²) in [7, 11) is 1.72. The normalized spacial score (nSPS) is 21.8. The molecule has 1 aliphatic rings. The molecule has 1 amide bonds. The summed E-state index contributed by atoms with van der Waals surface area (Å²) in [6.07, 6.45) is 0.854. The average Bonchev–Trinajstić information content (AvgIpc) is 2.77. The van der Waals surface area contributed by atoms with Crippen molar-refractivity contribution in [3.05, 3.63) is 17.5 Å². The van der Waals surface area contributed by atoms with Crippen molar-refractivity contribution in [1.82, 2.24) is 14.7 Å². The fourth-order valence-electron chi connectivity index (χ4n) is 2.31. The number of carbonyl (C=O) groups excluding carboxylic acids is 1. The fourth-order valence-corrected chi connectivity index (χ4v) is 2.31. The molecule has 0 bridgehead atoms. The van der Waals surface area contributed by atoms with E-state index in [2.05, 4.69) is 5.10 Å². The number of rotatable bonds is 1. The van der Waals surface area contributed by atoms with E-state index in [0.29, 0.717) is 11.3 Å². The number of nitrogens with zero attached hydrogens (tertiary/aromatic N) is 3. The van der Waals surface area contributed by atoms with E-state index in [4.69, 9.17) is 4.74 Å². The van der Waals surface area contributed by atoms with Crippen molar-refractivity contribution in [2.45, 2.75) is 45.4 Å². The summed E-state index contributed by atoms with van der Waals surface area (Å²) in [6, 6.07) is 0. The van der Waals surface area contributed by atoms with Crippen LogP contribution in [0.4, 0.5) is 4.79 Å². The maximum Gasteiger partial charge on any atom is 0.411 e. The summed E-state index contributed by atoms with van der Waals surface area (Å²) in [5, 5.41) is 13.6. The van der Waals surface area contributed by atoms with Crippen LogP contribution in [0.25, 0.3) is 0 Å². The van der Waals surface area contributed by atoms with E-state index < -0.39 is 23.2 Å². The van der Waals surface area contributed by atoms with Gasteiger partial charge in [-0.3, -0.25) is 9.58 Å². The minimum absolute atomic E-state index is 0.170. The molecule has 1 atom stereocenters. The van der Waals surface area contributed by atoms with Crippen LogP contribution in [0.15, 0.2) is 6.20 Å². The number of aromatic nitrogens is 2. The monoisotopic (exact) mass is 281 g/mol. The van der Waals surface area contributed by atoms with Crippen molar-refractivity contribution in [2.75, 3.05) is 0 Å². The molecule has 110 valence electrons. The number of aliphatic carboxylic acids is 1. The largest absolute Gasteiger partial charge is 0.479 e. The molecule has 1 aliphatic heterocycles. The number of ether oxygens (including phenoxy) is 1. The summed E-state index contributed by atoms with van der Waals surface area (Å²) in [4.78, 5) is 25.2. The highest BCUT2D eigenvalue weighted by atomic mass is 16.6. The fraction of sp³-hybridized carbons (Fsp3) is 0.615. The second kappa shape index (κ2) is 4.22. The molecule has 0 saturated carbocycles. The zero-order valence-electron chi connectivity index (χ0n) is 12.3. The Balaban J connectivity index is 2.41. The molecular formula is C13H19N3O4. The maximum absolute atomic E-state index is 12.3. The van der Waals surface area contributed by atoms with E-state index >= 15 is 0 Å². The number of aryl methyl sites for hydroxylation is 1. The predicted molar refractivity (Wildman–Crippen MR) is 70.0 cm³/mol. The van der Waals surface area contributed by atoms with Gasteiger partial charge < -0.3 is 9.84 Å². The zero-order valence-corrected chi connectivity index (χ0v) is 12.3. The van der Waals surface area contributed by atoms with Gasteiger partial charge in [0.15, 0.2) is 5.54 Å². The first-order chi connectivity index (χ1) is 9.07. The zero-order chi connectivity index (χ0) is 15.3. The number of hydrogen-bond donors (Lipinski definition) is 1. The Bertz CT molecular complexity index is 573. The van der Waals surface area contributed by atoms with Crippen molar-refractivity contribution in [2.24, 2.45) is 7.05 Å². The average molecular weight is 281 g/mol. The van der Waals surface area contributed by atoms with Gasteiger partial charge in [-0.15, -0.1) is 0 Å². The van der Waals surface area contributed by atoms with Crippen LogP contribution in [0.5, 0.6) is 0 Å². The number of carboxylic acid groups (broad SMARTS) is 1. The van der Waals surface area contributed by atoms with Crippen molar-refractivity contribution < 1.29 is 19.4 Å². The third kappa shape index (κ3) is 2.03. The molecule has 0 aromatic carbocycles. The van der Waals surface area contributed by atoms with Crippen LogP contribution in [0.1, 0.15) is 39.0 Å². The first-order valence-electron chi connectivity index (χ1n) is 6.32. The van der Waals surface area contributed by atoms with Gasteiger partial charge in [0, 0.05) is 12.6 Å². The molecule has 2 rings (SSSR count). The lowest BCUT2D eigenvalue weighted by atomic mass is 9.95. The van der Waals surface area contributed by atoms with E-state index in [1.54, 1.807) is 32.5 Å². The second-order valence-corrected chi connectivity index (χ2v) is 6.07. The third-order valence-corrected chi connectivity index (χ3v) is 3.46. The Morgan fingerprint density at radius 2 is 2.05 bits per heavy atom. The smallest absolute Gasteiger partial charge is 0.411 e. The molecule has 7 nitrogen and oxygen atoms in total. The van der Waals surface area contributed by atoms with Gasteiger partial charge in [0.1, 0.15) is 5.60 Å². The minimum atomic E-state index is -1.45. The lowest BCUT2D eigenvalue weighted by Crippen LogP contribution is -2.49. The van der Waals surface area contributed by atoms with Crippen LogP contribution in [0.3, 0.4) is 0 Å². The van der Waals surface area contributed by atoms with E-state index in [-0.39, 0.29) is 6.54 Å². The maximum atomic E-state index is 12.3. The van der Waals surface area contributed by atoms with Gasteiger partial charge in [-0.05, 0) is 27.7 Å². The molecule has 20 heavy (non-hydrogen) atoms. The van der Waals surface area contributed by atoms with Gasteiger partial charge in [0.2, 0.25) is 0 Å². The predicted octanol–water partition coefficient (Wildman–Crippen LogP) is 1.47. The van der Waals surface area contributed by atoms with Gasteiger partial charge in [0.25, 0.3) is 0 Å². The Labute approximate surface area is 117 Å². The van der Waals surface area contributed by atoms with E-state index in [9.17, 15) is 14.7 Å². The first-order valence-corrected chi connectivity index (χ1v) is 6.32. The van der Waals surface area contributed by atoms with Crippen LogP contribution in [-0.4, -0.2) is 37.5 Å². The van der Waals surface area contributed by atoms with Crippen LogP contribution in [-0.2, 0) is 28.7 Å². The number of carboxylic acids is 1. The van der Waals surface area contributed by atoms with Crippen molar-refractivity contribution >= 4 is 12.1 Å². The first kappa shape index (κ1) is 14.4. The molecule has 0 fully saturated rings. The number of fused-ring (bicyclic) bond motifs is 1. The van der Waals surface area contributed by atoms with Crippen LogP contribution >= 0.6 is 0 Å². The SMILES string of the molecule is Cn1ncc2c1CN(C(=O)OC(C)(C)C)[C@]2(C)C(=O)O. The lowest BCUT2D eigenvalue weighted by molar-refractivity contribution is -0.150. The van der Waals surface area contributed by atoms with Crippen molar-refractivity contribution in [1.29, 1.82) is 0 Å². The molecule has 0 saturated heterocycles. The van der Waals surface area contributed by atoms with Crippen molar-refractivity contribution in [3.63, 3.8) is 0 Å². The number of amides is 1. The van der Waals surface area contributed by atoms with Gasteiger partial charge in [0.05, 0.1) is 18.4 Å². The molecule has 0 radical (unpaired) electrons. The summed E-state index contributed by atoms with van der Waals surface area (Å²) in [5.41, 5.74) is -0.894. The van der Waals surface area contributed by atoms with Crippen LogP contribution < -0.4 is 0 Å². The molecule has 0 unspecified atom stereocenters. The second-order valence-electron chi connectivity index (χ2n) is 6.07. The van der Waals surface area contributed by atoms with Crippen LogP contribution in [0, 0.1) is 0 Å². The third-order valence-electron chi connectivity index (χ3n) is 3.46. The Kier molecular flexibility index (Phi) is 3.03. The number of hydrogen-bond acceptors (Lipinski definition) is 4. The summed E-state index contributed by atoms with van der Waals surface area (Å²) >= 11 is 0. The van der Waals surface area contributed by atoms with Gasteiger partial charge in [-0.1, -0.05) is 0 Å². The molecule has 7 heteroatoms. The summed E-state index contributed by atoms with van der Waals surface area (Å²) in [5.74, 6) is -1.10. The van der Waals surface area contributed by atoms with E-state index in [1.807, 2.05) is 0 Å². The molecule has 0 spiro atoms. The summed E-state index contributed by atoms with van der Waals surface area (Å²) < 4.78 is 6.89. The standard InChI is InChI=1S/C13H19N3O4/c1-12(2,3)20-11(19)16-7-9-8(6-14-15(9)5)13(16,4)10(17)18/h6H,7H2,1-5H3,(H,17,18)/t13-/m0/s1. The van der Waals surface area contributed by atoms with Crippen LogP contribution in [0.2, 0.25) is 0 Å².